The lowest BCUT2D eigenvalue weighted by Crippen LogP contribution is -2.09. The zero-order chi connectivity index (χ0) is 14.4. The molecular weight excluding hydrogens is 325 g/mol. The molecule has 5 heteroatoms. The molecule has 0 amide bonds. The third-order valence-electron chi connectivity index (χ3n) is 2.65. The molecule has 0 aliphatic carbocycles. The predicted octanol–water partition coefficient (Wildman–Crippen LogP) is 3.50. The summed E-state index contributed by atoms with van der Waals surface area (Å²) < 4.78 is 24.5. The van der Waals surface area contributed by atoms with Crippen LogP contribution in [0.15, 0.2) is 46.9 Å². The van der Waals surface area contributed by atoms with E-state index in [1.807, 2.05) is 24.3 Å². The Labute approximate surface area is 125 Å². The molecule has 0 saturated heterocycles. The Morgan fingerprint density at radius 2 is 1.70 bits per heavy atom. The highest BCUT2D eigenvalue weighted by atomic mass is 79.9. The van der Waals surface area contributed by atoms with E-state index in [0.29, 0.717) is 30.0 Å². The fraction of sp³-hybridized carbons (Fsp3) is 0.200. The largest absolute Gasteiger partial charge is 0.490 e. The summed E-state index contributed by atoms with van der Waals surface area (Å²) in [6.45, 7) is 1.27. The number of ether oxygens (including phenoxy) is 2. The van der Waals surface area contributed by atoms with Crippen molar-refractivity contribution in [2.75, 3.05) is 13.2 Å². The van der Waals surface area contributed by atoms with Crippen LogP contribution in [0.25, 0.3) is 0 Å². The highest BCUT2D eigenvalue weighted by Gasteiger charge is 2.01. The van der Waals surface area contributed by atoms with Crippen LogP contribution in [0.3, 0.4) is 0 Å². The molecule has 2 rings (SSSR count). The summed E-state index contributed by atoms with van der Waals surface area (Å²) in [5, 5.41) is 0. The molecule has 0 saturated carbocycles. The second-order valence-corrected chi connectivity index (χ2v) is 4.98. The van der Waals surface area contributed by atoms with E-state index < -0.39 is 0 Å². The standard InChI is InChI=1S/C15H15BrFNO2/c16-14-9-13(4-5-15(14)17)20-7-6-19-12-3-1-2-11(8-12)10-18/h1-5,8-9H,6-7,10,18H2. The van der Waals surface area contributed by atoms with E-state index in [2.05, 4.69) is 15.9 Å². The normalized spacial score (nSPS) is 10.3. The number of benzene rings is 2. The number of halogens is 2. The molecule has 2 N–H and O–H groups in total. The molecule has 0 bridgehead atoms. The lowest BCUT2D eigenvalue weighted by Gasteiger charge is -2.09. The second kappa shape index (κ2) is 7.26. The quantitative estimate of drug-likeness (QED) is 0.819. The van der Waals surface area contributed by atoms with Gasteiger partial charge in [0.05, 0.1) is 4.47 Å². The van der Waals surface area contributed by atoms with E-state index in [1.165, 1.54) is 6.07 Å². The fourth-order valence-corrected chi connectivity index (χ4v) is 2.01. The number of hydrogen-bond acceptors (Lipinski definition) is 3. The molecule has 0 unspecified atom stereocenters. The number of rotatable bonds is 6. The third kappa shape index (κ3) is 4.21. The van der Waals surface area contributed by atoms with E-state index in [1.54, 1.807) is 12.1 Å². The molecule has 0 aliphatic heterocycles. The maximum Gasteiger partial charge on any atom is 0.137 e. The van der Waals surface area contributed by atoms with Crippen LogP contribution >= 0.6 is 15.9 Å². The lowest BCUT2D eigenvalue weighted by atomic mass is 10.2. The van der Waals surface area contributed by atoms with Crippen LogP contribution in [0.4, 0.5) is 4.39 Å². The summed E-state index contributed by atoms with van der Waals surface area (Å²) in [5.41, 5.74) is 6.58. The van der Waals surface area contributed by atoms with E-state index in [9.17, 15) is 4.39 Å². The highest BCUT2D eigenvalue weighted by molar-refractivity contribution is 9.10. The minimum atomic E-state index is -0.313. The number of nitrogens with two attached hydrogens (primary N) is 1. The predicted molar refractivity (Wildman–Crippen MR) is 79.4 cm³/mol. The summed E-state index contributed by atoms with van der Waals surface area (Å²) in [5.74, 6) is 1.04. The summed E-state index contributed by atoms with van der Waals surface area (Å²) in [6, 6.07) is 12.1. The van der Waals surface area contributed by atoms with Gasteiger partial charge in [-0.2, -0.15) is 0 Å². The molecule has 0 aliphatic rings. The summed E-state index contributed by atoms with van der Waals surface area (Å²) in [4.78, 5) is 0. The summed E-state index contributed by atoms with van der Waals surface area (Å²) >= 11 is 3.11. The molecule has 0 aromatic heterocycles. The first-order valence-corrected chi connectivity index (χ1v) is 6.98. The van der Waals surface area contributed by atoms with Gasteiger partial charge in [0.25, 0.3) is 0 Å². The van der Waals surface area contributed by atoms with Gasteiger partial charge in [-0.1, -0.05) is 12.1 Å². The zero-order valence-electron chi connectivity index (χ0n) is 10.8. The molecule has 20 heavy (non-hydrogen) atoms. The van der Waals surface area contributed by atoms with E-state index in [0.717, 1.165) is 11.3 Å². The van der Waals surface area contributed by atoms with Crippen molar-refractivity contribution in [3.63, 3.8) is 0 Å². The van der Waals surface area contributed by atoms with Gasteiger partial charge in [-0.15, -0.1) is 0 Å². The molecule has 2 aromatic rings. The Hall–Kier alpha value is -1.59. The van der Waals surface area contributed by atoms with Gasteiger partial charge in [-0.3, -0.25) is 0 Å². The molecular formula is C15H15BrFNO2. The van der Waals surface area contributed by atoms with Crippen molar-refractivity contribution in [2.45, 2.75) is 6.54 Å². The molecule has 3 nitrogen and oxygen atoms in total. The van der Waals surface area contributed by atoms with Crippen LogP contribution in [-0.4, -0.2) is 13.2 Å². The van der Waals surface area contributed by atoms with Crippen molar-refractivity contribution >= 4 is 15.9 Å². The molecule has 0 spiro atoms. The van der Waals surface area contributed by atoms with E-state index in [4.69, 9.17) is 15.2 Å². The number of hydrogen-bond donors (Lipinski definition) is 1. The van der Waals surface area contributed by atoms with Crippen molar-refractivity contribution in [1.29, 1.82) is 0 Å². The minimum absolute atomic E-state index is 0.313. The van der Waals surface area contributed by atoms with Crippen LogP contribution < -0.4 is 15.2 Å². The van der Waals surface area contributed by atoms with Gasteiger partial charge in [-0.05, 0) is 51.8 Å². The van der Waals surface area contributed by atoms with Gasteiger partial charge in [-0.25, -0.2) is 4.39 Å². The zero-order valence-corrected chi connectivity index (χ0v) is 12.4. The Kier molecular flexibility index (Phi) is 5.38. The lowest BCUT2D eigenvalue weighted by molar-refractivity contribution is 0.217. The van der Waals surface area contributed by atoms with Gasteiger partial charge in [0, 0.05) is 6.54 Å². The summed E-state index contributed by atoms with van der Waals surface area (Å²) in [7, 11) is 0. The maximum absolute atomic E-state index is 13.0. The first-order chi connectivity index (χ1) is 9.69. The maximum atomic E-state index is 13.0. The summed E-state index contributed by atoms with van der Waals surface area (Å²) in [6.07, 6.45) is 0. The Bertz CT molecular complexity index is 578. The molecule has 0 radical (unpaired) electrons. The van der Waals surface area contributed by atoms with Crippen LogP contribution in [0.5, 0.6) is 11.5 Å². The average Bonchev–Trinajstić information content (AvgIpc) is 2.47. The van der Waals surface area contributed by atoms with Crippen LogP contribution in [0.1, 0.15) is 5.56 Å². The van der Waals surface area contributed by atoms with E-state index in [-0.39, 0.29) is 5.82 Å². The minimum Gasteiger partial charge on any atom is -0.490 e. The van der Waals surface area contributed by atoms with Gasteiger partial charge in [0.2, 0.25) is 0 Å². The Morgan fingerprint density at radius 1 is 1.00 bits per heavy atom. The topological polar surface area (TPSA) is 44.5 Å². The van der Waals surface area contributed by atoms with Gasteiger partial charge < -0.3 is 15.2 Å². The van der Waals surface area contributed by atoms with Crippen molar-refractivity contribution < 1.29 is 13.9 Å². The smallest absolute Gasteiger partial charge is 0.137 e. The second-order valence-electron chi connectivity index (χ2n) is 4.12. The fourth-order valence-electron chi connectivity index (χ4n) is 1.65. The monoisotopic (exact) mass is 339 g/mol. The Balaban J connectivity index is 1.79. The van der Waals surface area contributed by atoms with Crippen LogP contribution in [0.2, 0.25) is 0 Å². The molecule has 2 aromatic carbocycles. The SMILES string of the molecule is NCc1cccc(OCCOc2ccc(F)c(Br)c2)c1. The first-order valence-electron chi connectivity index (χ1n) is 6.18. The van der Waals surface area contributed by atoms with Gasteiger partial charge >= 0.3 is 0 Å². The van der Waals surface area contributed by atoms with Crippen molar-refractivity contribution in [2.24, 2.45) is 5.73 Å². The van der Waals surface area contributed by atoms with Crippen molar-refractivity contribution in [1.82, 2.24) is 0 Å². The van der Waals surface area contributed by atoms with Gasteiger partial charge in [0.15, 0.2) is 0 Å². The molecule has 106 valence electrons. The average molecular weight is 340 g/mol. The Morgan fingerprint density at radius 3 is 2.35 bits per heavy atom. The first kappa shape index (κ1) is 14.8. The third-order valence-corrected chi connectivity index (χ3v) is 3.25. The van der Waals surface area contributed by atoms with Crippen LogP contribution in [0, 0.1) is 5.82 Å². The van der Waals surface area contributed by atoms with Crippen LogP contribution in [-0.2, 0) is 6.54 Å². The highest BCUT2D eigenvalue weighted by Crippen LogP contribution is 2.21. The molecule has 0 heterocycles. The van der Waals surface area contributed by atoms with Crippen molar-refractivity contribution in [3.05, 3.63) is 58.3 Å². The van der Waals surface area contributed by atoms with Gasteiger partial charge in [0.1, 0.15) is 30.5 Å². The molecule has 0 fully saturated rings. The van der Waals surface area contributed by atoms with Crippen molar-refractivity contribution in [3.8, 4) is 11.5 Å². The molecule has 0 atom stereocenters. The van der Waals surface area contributed by atoms with E-state index >= 15 is 0 Å².